The first kappa shape index (κ1) is 34.7. The van der Waals surface area contributed by atoms with Gasteiger partial charge < -0.3 is 18.4 Å². The van der Waals surface area contributed by atoms with Crippen molar-refractivity contribution in [1.29, 1.82) is 0 Å². The molecule has 0 fully saturated rings. The maximum absolute atomic E-state index is 7.69. The van der Waals surface area contributed by atoms with Gasteiger partial charge in [-0.3, -0.25) is 15.0 Å². The highest BCUT2D eigenvalue weighted by atomic mass is 16.5. The van der Waals surface area contributed by atoms with E-state index in [0.717, 1.165) is 106 Å². The maximum atomic E-state index is 7.69. The van der Waals surface area contributed by atoms with Crippen molar-refractivity contribution in [3.63, 3.8) is 0 Å². The first-order chi connectivity index (χ1) is 32.3. The van der Waals surface area contributed by atoms with Gasteiger partial charge in [0.2, 0.25) is 0 Å². The summed E-state index contributed by atoms with van der Waals surface area (Å²) < 4.78 is 14.8. The molecule has 0 bridgehead atoms. The van der Waals surface area contributed by atoms with Crippen molar-refractivity contribution in [3.8, 4) is 39.9 Å². The molecule has 7 heteroatoms. The molecule has 13 aromatic rings. The highest BCUT2D eigenvalue weighted by molar-refractivity contribution is 6.13. The fourth-order valence-corrected chi connectivity index (χ4v) is 11.6. The Kier molecular flexibility index (Phi) is 6.76. The quantitative estimate of drug-likeness (QED) is 0.178. The van der Waals surface area contributed by atoms with Gasteiger partial charge in [-0.2, -0.15) is 0 Å². The number of aromatic nitrogens is 6. The highest BCUT2D eigenvalue weighted by Crippen LogP contribution is 2.63. The topological polar surface area (TPSA) is 62.7 Å². The standard InChI is InChI=1S/C58H34N6O/c1-5-21-46-38(15-1)40-29-32-59-34-53(40)62(46)35-27-28-50-41(33-35)39-16-4-8-24-49(39)64(50)52-26-10-18-45-57(52)65-56-44(58(45)42-19-11-30-60-54(42)55-43(58)20-12-31-61-55)17-9-25-51(56)63-47-22-6-2-13-36(47)37-14-3-7-23-48(37)63/h1-34H. The van der Waals surface area contributed by atoms with Gasteiger partial charge in [0, 0.05) is 67.7 Å². The number of hydrogen-bond donors (Lipinski definition) is 0. The Balaban J connectivity index is 1.05. The first-order valence-corrected chi connectivity index (χ1v) is 22.0. The summed E-state index contributed by atoms with van der Waals surface area (Å²) in [6, 6.07) is 65.5. The van der Waals surface area contributed by atoms with Gasteiger partial charge >= 0.3 is 0 Å². The van der Waals surface area contributed by atoms with E-state index in [0.29, 0.717) is 0 Å². The third-order valence-corrected chi connectivity index (χ3v) is 14.1. The Morgan fingerprint density at radius 1 is 0.354 bits per heavy atom. The number of nitrogens with zero attached hydrogens (tertiary/aromatic N) is 6. The third kappa shape index (κ3) is 4.36. The Bertz CT molecular complexity index is 4040. The fourth-order valence-electron chi connectivity index (χ4n) is 11.6. The van der Waals surface area contributed by atoms with Crippen molar-refractivity contribution in [1.82, 2.24) is 28.7 Å². The van der Waals surface area contributed by atoms with E-state index < -0.39 is 5.41 Å². The molecule has 65 heavy (non-hydrogen) atoms. The number of rotatable bonds is 3. The van der Waals surface area contributed by atoms with Crippen molar-refractivity contribution in [3.05, 3.63) is 229 Å². The van der Waals surface area contributed by atoms with Crippen LogP contribution in [0.4, 0.5) is 0 Å². The number of benzene rings is 7. The molecule has 0 radical (unpaired) electrons. The van der Waals surface area contributed by atoms with E-state index in [1.807, 2.05) is 24.8 Å². The SMILES string of the molecule is c1cnc2c(c1)C1(c3cccnc3-2)c2cccc(-n3c4ccccc4c4ccccc43)c2Oc2c(-n3c4ccccc4c4cc(-n5c6ccccc6c6ccncc65)ccc43)cccc21. The molecule has 0 N–H and O–H groups in total. The summed E-state index contributed by atoms with van der Waals surface area (Å²) in [6.45, 7) is 0. The van der Waals surface area contributed by atoms with Gasteiger partial charge in [-0.15, -0.1) is 0 Å². The van der Waals surface area contributed by atoms with Crippen LogP contribution in [0.2, 0.25) is 0 Å². The van der Waals surface area contributed by atoms with Crippen LogP contribution in [0, 0.1) is 0 Å². The molecule has 0 saturated carbocycles. The third-order valence-electron chi connectivity index (χ3n) is 14.1. The monoisotopic (exact) mass is 830 g/mol. The average Bonchev–Trinajstić information content (AvgIpc) is 4.08. The molecule has 15 rings (SSSR count). The van der Waals surface area contributed by atoms with Crippen LogP contribution < -0.4 is 4.74 Å². The summed E-state index contributed by atoms with van der Waals surface area (Å²) in [5.74, 6) is 1.59. The molecule has 1 aliphatic carbocycles. The van der Waals surface area contributed by atoms with Crippen LogP contribution in [0.3, 0.4) is 0 Å². The Labute approximate surface area is 371 Å². The van der Waals surface area contributed by atoms with E-state index in [1.54, 1.807) is 0 Å². The van der Waals surface area contributed by atoms with Crippen LogP contribution in [-0.2, 0) is 5.41 Å². The zero-order valence-electron chi connectivity index (χ0n) is 34.7. The van der Waals surface area contributed by atoms with E-state index in [9.17, 15) is 0 Å². The summed E-state index contributed by atoms with van der Waals surface area (Å²) in [4.78, 5) is 14.7. The average molecular weight is 831 g/mol. The Hall–Kier alpha value is -8.81. The molecule has 1 spiro atoms. The molecule has 0 atom stereocenters. The summed E-state index contributed by atoms with van der Waals surface area (Å²) in [6.07, 6.45) is 7.61. The second-order valence-electron chi connectivity index (χ2n) is 17.1. The van der Waals surface area contributed by atoms with Gasteiger partial charge in [-0.1, -0.05) is 109 Å². The molecular formula is C58H34N6O. The minimum atomic E-state index is -0.794. The lowest BCUT2D eigenvalue weighted by Gasteiger charge is -2.40. The fraction of sp³-hybridized carbons (Fsp3) is 0.0172. The van der Waals surface area contributed by atoms with Crippen LogP contribution in [0.5, 0.6) is 11.5 Å². The smallest absolute Gasteiger partial charge is 0.156 e. The van der Waals surface area contributed by atoms with Gasteiger partial charge in [-0.05, 0) is 83.9 Å². The van der Waals surface area contributed by atoms with Crippen molar-refractivity contribution >= 4 is 65.4 Å². The maximum Gasteiger partial charge on any atom is 0.156 e. The molecule has 0 amide bonds. The van der Waals surface area contributed by atoms with Crippen LogP contribution in [0.1, 0.15) is 22.3 Å². The van der Waals surface area contributed by atoms with E-state index in [2.05, 4.69) is 201 Å². The van der Waals surface area contributed by atoms with E-state index >= 15 is 0 Å². The van der Waals surface area contributed by atoms with Crippen LogP contribution in [0.25, 0.3) is 93.9 Å². The minimum Gasteiger partial charge on any atom is -0.452 e. The van der Waals surface area contributed by atoms with Crippen LogP contribution >= 0.6 is 0 Å². The minimum absolute atomic E-state index is 0.792. The highest BCUT2D eigenvalue weighted by Gasteiger charge is 2.53. The van der Waals surface area contributed by atoms with Gasteiger partial charge in [0.05, 0.1) is 67.5 Å². The molecular weight excluding hydrogens is 797 g/mol. The Morgan fingerprint density at radius 3 is 1.37 bits per heavy atom. The molecule has 0 saturated heterocycles. The predicted octanol–water partition coefficient (Wildman–Crippen LogP) is 13.6. The summed E-state index contributed by atoms with van der Waals surface area (Å²) in [5, 5.41) is 7.07. The normalized spacial score (nSPS) is 13.5. The predicted molar refractivity (Wildman–Crippen MR) is 260 cm³/mol. The second-order valence-corrected chi connectivity index (χ2v) is 17.1. The molecule has 0 unspecified atom stereocenters. The van der Waals surface area contributed by atoms with Gasteiger partial charge in [0.25, 0.3) is 0 Å². The summed E-state index contributed by atoms with van der Waals surface area (Å²) in [5.41, 5.74) is 14.9. The number of fused-ring (bicyclic) bond motifs is 18. The molecule has 1 aliphatic heterocycles. The number of hydrogen-bond acceptors (Lipinski definition) is 4. The van der Waals surface area contributed by atoms with Crippen molar-refractivity contribution in [2.24, 2.45) is 0 Å². The van der Waals surface area contributed by atoms with Gasteiger partial charge in [-0.25, -0.2) is 0 Å². The lowest BCUT2D eigenvalue weighted by atomic mass is 9.66. The lowest BCUT2D eigenvalue weighted by Crippen LogP contribution is -2.33. The van der Waals surface area contributed by atoms with Crippen molar-refractivity contribution in [2.75, 3.05) is 0 Å². The van der Waals surface area contributed by atoms with Crippen LogP contribution in [-0.4, -0.2) is 28.7 Å². The molecule has 2 aliphatic rings. The zero-order chi connectivity index (χ0) is 42.4. The van der Waals surface area contributed by atoms with Crippen molar-refractivity contribution in [2.45, 2.75) is 5.41 Å². The molecule has 7 aromatic carbocycles. The first-order valence-electron chi connectivity index (χ1n) is 22.0. The van der Waals surface area contributed by atoms with E-state index in [-0.39, 0.29) is 0 Å². The number of pyridine rings is 3. The van der Waals surface area contributed by atoms with E-state index in [1.165, 1.54) is 21.5 Å². The molecule has 7 nitrogen and oxygen atoms in total. The van der Waals surface area contributed by atoms with Gasteiger partial charge in [0.1, 0.15) is 0 Å². The summed E-state index contributed by atoms with van der Waals surface area (Å²) in [7, 11) is 0. The number of para-hydroxylation sites is 6. The molecule has 302 valence electrons. The molecule has 7 heterocycles. The number of ether oxygens (including phenoxy) is 1. The molecule has 6 aromatic heterocycles. The Morgan fingerprint density at radius 2 is 0.815 bits per heavy atom. The van der Waals surface area contributed by atoms with Crippen molar-refractivity contribution < 1.29 is 4.74 Å². The zero-order valence-corrected chi connectivity index (χ0v) is 34.7. The van der Waals surface area contributed by atoms with Gasteiger partial charge in [0.15, 0.2) is 11.5 Å². The second kappa shape index (κ2) is 12.6. The van der Waals surface area contributed by atoms with Crippen LogP contribution in [0.15, 0.2) is 207 Å². The summed E-state index contributed by atoms with van der Waals surface area (Å²) >= 11 is 0. The largest absolute Gasteiger partial charge is 0.452 e. The lowest BCUT2D eigenvalue weighted by molar-refractivity contribution is 0.433. The van der Waals surface area contributed by atoms with E-state index in [4.69, 9.17) is 14.7 Å².